The van der Waals surface area contributed by atoms with Crippen molar-refractivity contribution in [2.75, 3.05) is 40.4 Å². The van der Waals surface area contributed by atoms with Crippen LogP contribution in [0.1, 0.15) is 67.2 Å². The van der Waals surface area contributed by atoms with Gasteiger partial charge >= 0.3 is 12.7 Å². The molecule has 2 fully saturated rings. The Kier molecular flexibility index (Phi) is 15.2. The third kappa shape index (κ3) is 14.3. The summed E-state index contributed by atoms with van der Waals surface area (Å²) in [5.41, 5.74) is -1.89. The molecule has 2 aliphatic heterocycles. The fourth-order valence-electron chi connectivity index (χ4n) is 5.60. The van der Waals surface area contributed by atoms with E-state index in [4.69, 9.17) is 9.47 Å². The van der Waals surface area contributed by atoms with Gasteiger partial charge in [0.05, 0.1) is 10.8 Å². The molecule has 4 atom stereocenters. The minimum Gasteiger partial charge on any atom is -0.474 e. The molecule has 2 aromatic heterocycles. The van der Waals surface area contributed by atoms with Gasteiger partial charge in [-0.3, -0.25) is 9.59 Å². The first-order valence-corrected chi connectivity index (χ1v) is 17.7. The number of carbonyl (C=O) groups excluding carboxylic acids is 2. The van der Waals surface area contributed by atoms with Gasteiger partial charge in [0.15, 0.2) is 11.5 Å². The molecule has 12 nitrogen and oxygen atoms in total. The van der Waals surface area contributed by atoms with E-state index in [9.17, 15) is 35.9 Å². The van der Waals surface area contributed by atoms with Gasteiger partial charge in [-0.1, -0.05) is 0 Å². The molecule has 304 valence electrons. The number of piperidine rings is 2. The van der Waals surface area contributed by atoms with Gasteiger partial charge in [0.25, 0.3) is 11.8 Å². The minimum absolute atomic E-state index is 0.0712. The summed E-state index contributed by atoms with van der Waals surface area (Å²) in [6.45, 7) is 12.4. The van der Waals surface area contributed by atoms with Crippen molar-refractivity contribution in [3.63, 3.8) is 0 Å². The van der Waals surface area contributed by atoms with Crippen molar-refractivity contribution in [2.24, 2.45) is 10.8 Å². The number of hydrogen-bond donors (Lipinski definition) is 2. The van der Waals surface area contributed by atoms with Crippen LogP contribution in [-0.2, 0) is 9.59 Å². The number of amides is 2. The van der Waals surface area contributed by atoms with E-state index < -0.39 is 35.1 Å². The fraction of sp³-hybridized carbons (Fsp3) is 0.667. The van der Waals surface area contributed by atoms with Crippen LogP contribution in [0.2, 0.25) is 0 Å². The van der Waals surface area contributed by atoms with Gasteiger partial charge in [-0.2, -0.15) is 0 Å². The van der Waals surface area contributed by atoms with Crippen LogP contribution in [0.3, 0.4) is 0 Å². The molecule has 0 aromatic carbocycles. The van der Waals surface area contributed by atoms with Crippen molar-refractivity contribution in [3.8, 4) is 23.3 Å². The van der Waals surface area contributed by atoms with Crippen LogP contribution in [0.4, 0.5) is 26.3 Å². The molecule has 18 heteroatoms. The van der Waals surface area contributed by atoms with E-state index in [0.717, 1.165) is 50.9 Å². The molecule has 2 aliphatic rings. The molecule has 2 aromatic rings. The van der Waals surface area contributed by atoms with Crippen LogP contribution >= 0.6 is 0 Å². The lowest BCUT2D eigenvalue weighted by Crippen LogP contribution is -2.51. The summed E-state index contributed by atoms with van der Waals surface area (Å²) in [6, 6.07) is 5.74. The Morgan fingerprint density at radius 1 is 0.704 bits per heavy atom. The molecule has 54 heavy (non-hydrogen) atoms. The number of alkyl halides is 6. The highest BCUT2D eigenvalue weighted by Crippen LogP contribution is 2.33. The maximum absolute atomic E-state index is 12.6. The highest BCUT2D eigenvalue weighted by Gasteiger charge is 2.37. The zero-order chi connectivity index (χ0) is 40.5. The maximum Gasteiger partial charge on any atom is 0.573 e. The summed E-state index contributed by atoms with van der Waals surface area (Å²) in [4.78, 5) is 37.3. The predicted octanol–water partition coefficient (Wildman–Crippen LogP) is 5.97. The highest BCUT2D eigenvalue weighted by atomic mass is 19.4. The quantitative estimate of drug-likeness (QED) is 0.249. The van der Waals surface area contributed by atoms with Crippen molar-refractivity contribution < 1.29 is 54.9 Å². The summed E-state index contributed by atoms with van der Waals surface area (Å²) in [6.07, 6.45) is -3.69. The molecule has 2 saturated heterocycles. The number of nitrogens with zero attached hydrogens (tertiary/aromatic N) is 4. The van der Waals surface area contributed by atoms with Gasteiger partial charge in [-0.05, 0) is 106 Å². The van der Waals surface area contributed by atoms with Crippen LogP contribution < -0.4 is 29.6 Å². The number of halogens is 6. The molecule has 0 aliphatic carbocycles. The number of aromatic nitrogens is 2. The molecular weight excluding hydrogens is 726 g/mol. The molecular formula is C36H52F6N6O6. The van der Waals surface area contributed by atoms with Crippen molar-refractivity contribution >= 4 is 11.8 Å². The van der Waals surface area contributed by atoms with E-state index in [-0.39, 0.29) is 48.9 Å². The second kappa shape index (κ2) is 18.5. The number of pyridine rings is 2. The Morgan fingerprint density at radius 3 is 1.37 bits per heavy atom. The summed E-state index contributed by atoms with van der Waals surface area (Å²) in [5, 5.41) is 6.04. The Morgan fingerprint density at radius 2 is 1.06 bits per heavy atom. The fourth-order valence-corrected chi connectivity index (χ4v) is 5.60. The van der Waals surface area contributed by atoms with Crippen LogP contribution in [0, 0.1) is 10.8 Å². The van der Waals surface area contributed by atoms with Gasteiger partial charge in [0.2, 0.25) is 11.8 Å². The Balaban J connectivity index is 0.000000290. The lowest BCUT2D eigenvalue weighted by Gasteiger charge is -2.36. The van der Waals surface area contributed by atoms with Gasteiger partial charge in [-0.15, -0.1) is 26.3 Å². The molecule has 0 spiro atoms. The average molecular weight is 779 g/mol. The van der Waals surface area contributed by atoms with Crippen molar-refractivity contribution in [3.05, 3.63) is 36.7 Å². The number of rotatable bonds is 12. The largest absolute Gasteiger partial charge is 0.573 e. The molecule has 2 N–H and O–H groups in total. The van der Waals surface area contributed by atoms with Gasteiger partial charge in [-0.25, -0.2) is 9.97 Å². The second-order valence-electron chi connectivity index (χ2n) is 15.1. The molecule has 0 radical (unpaired) electrons. The van der Waals surface area contributed by atoms with Crippen molar-refractivity contribution in [1.82, 2.24) is 30.4 Å². The molecule has 0 saturated carbocycles. The smallest absolute Gasteiger partial charge is 0.474 e. The monoisotopic (exact) mass is 778 g/mol. The Labute approximate surface area is 312 Å². The predicted molar refractivity (Wildman–Crippen MR) is 187 cm³/mol. The average Bonchev–Trinajstić information content (AvgIpc) is 3.06. The second-order valence-corrected chi connectivity index (χ2v) is 15.1. The first-order chi connectivity index (χ1) is 25.0. The van der Waals surface area contributed by atoms with Crippen molar-refractivity contribution in [2.45, 2.75) is 104 Å². The minimum atomic E-state index is -4.85. The van der Waals surface area contributed by atoms with Crippen LogP contribution in [-0.4, -0.2) is 109 Å². The summed E-state index contributed by atoms with van der Waals surface area (Å²) in [7, 11) is 4.10. The van der Waals surface area contributed by atoms with Gasteiger partial charge in [0, 0.05) is 49.7 Å². The van der Waals surface area contributed by atoms with E-state index in [1.165, 1.54) is 24.5 Å². The topological polar surface area (TPSA) is 127 Å². The Bertz CT molecular complexity index is 1420. The first kappa shape index (κ1) is 44.3. The van der Waals surface area contributed by atoms with E-state index in [0.29, 0.717) is 12.1 Å². The first-order valence-electron chi connectivity index (χ1n) is 17.7. The molecule has 2 amide bonds. The van der Waals surface area contributed by atoms with Crippen LogP contribution in [0.25, 0.3) is 0 Å². The Hall–Kier alpha value is -4.06. The van der Waals surface area contributed by atoms with E-state index >= 15 is 0 Å². The lowest BCUT2D eigenvalue weighted by molar-refractivity contribution is -0.276. The number of hydrogen-bond acceptors (Lipinski definition) is 10. The standard InChI is InChI=1S/2C18H26F3N3O3/c2*1-12-10-13(7-9-24(12)4)23-16(25)17(2,3)11-26-15-14(6-5-8-22-15)27-18(19,20)21/h2*5-6,8,12-13H,7,9-11H2,1-4H3,(H,23,25)/t2*12-,13-/m10/s1. The van der Waals surface area contributed by atoms with Crippen molar-refractivity contribution in [1.29, 1.82) is 0 Å². The van der Waals surface area contributed by atoms with E-state index in [1.54, 1.807) is 27.7 Å². The molecule has 4 rings (SSSR count). The zero-order valence-electron chi connectivity index (χ0n) is 31.9. The number of carbonyl (C=O) groups is 2. The maximum atomic E-state index is 12.6. The summed E-state index contributed by atoms with van der Waals surface area (Å²) < 4.78 is 93.4. The highest BCUT2D eigenvalue weighted by molar-refractivity contribution is 5.82. The van der Waals surface area contributed by atoms with E-state index in [1.807, 2.05) is 14.1 Å². The number of ether oxygens (including phenoxy) is 4. The van der Waals surface area contributed by atoms with Gasteiger partial charge in [0.1, 0.15) is 13.2 Å². The lowest BCUT2D eigenvalue weighted by atomic mass is 9.91. The number of nitrogens with one attached hydrogen (secondary N) is 2. The van der Waals surface area contributed by atoms with Crippen LogP contribution in [0.5, 0.6) is 23.3 Å². The molecule has 4 heterocycles. The third-order valence-corrected chi connectivity index (χ3v) is 9.38. The normalized spacial score (nSPS) is 21.6. The van der Waals surface area contributed by atoms with Gasteiger partial charge < -0.3 is 39.4 Å². The third-order valence-electron chi connectivity index (χ3n) is 9.38. The summed E-state index contributed by atoms with van der Waals surface area (Å²) in [5.74, 6) is -2.10. The number of likely N-dealkylation sites (tertiary alicyclic amines) is 2. The SMILES string of the molecule is C[C@@H]1C[C@H](NC(=O)C(C)(C)COc2ncccc2OC(F)(F)F)CCN1C.C[C@H]1C[C@@H](NC(=O)C(C)(C)COc2ncccc2OC(F)(F)F)CCN1C. The molecule has 0 bridgehead atoms. The summed E-state index contributed by atoms with van der Waals surface area (Å²) >= 11 is 0. The molecule has 0 unspecified atom stereocenters. The zero-order valence-corrected chi connectivity index (χ0v) is 31.9. The van der Waals surface area contributed by atoms with E-state index in [2.05, 4.69) is 53.7 Å². The van der Waals surface area contributed by atoms with Crippen LogP contribution in [0.15, 0.2) is 36.7 Å².